The monoisotopic (exact) mass is 224 g/mol. The molecule has 1 aromatic carbocycles. The van der Waals surface area contributed by atoms with Gasteiger partial charge in [-0.05, 0) is 18.2 Å². The lowest BCUT2D eigenvalue weighted by Gasteiger charge is -1.97. The highest BCUT2D eigenvalue weighted by Crippen LogP contribution is 2.27. The standard InChI is InChI=1S/C11H9FO4/c1-15-5-8-7-4-6(12)2-3-9(7)16-10(8)11(13)14/h2-4H,5H2,1H3,(H,13,14). The first kappa shape index (κ1) is 10.6. The number of halogens is 1. The van der Waals surface area contributed by atoms with Gasteiger partial charge in [0.2, 0.25) is 5.76 Å². The van der Waals surface area contributed by atoms with Crippen LogP contribution in [0.25, 0.3) is 11.0 Å². The van der Waals surface area contributed by atoms with Crippen LogP contribution in [0.2, 0.25) is 0 Å². The van der Waals surface area contributed by atoms with Gasteiger partial charge in [-0.15, -0.1) is 0 Å². The maximum absolute atomic E-state index is 13.0. The van der Waals surface area contributed by atoms with Crippen LogP contribution in [-0.4, -0.2) is 18.2 Å². The summed E-state index contributed by atoms with van der Waals surface area (Å²) in [4.78, 5) is 10.9. The molecule has 0 spiro atoms. The summed E-state index contributed by atoms with van der Waals surface area (Å²) in [6.07, 6.45) is 0. The zero-order valence-corrected chi connectivity index (χ0v) is 8.49. The number of fused-ring (bicyclic) bond motifs is 1. The topological polar surface area (TPSA) is 59.7 Å². The molecule has 2 rings (SSSR count). The predicted molar refractivity (Wildman–Crippen MR) is 53.8 cm³/mol. The van der Waals surface area contributed by atoms with Crippen molar-refractivity contribution < 1.29 is 23.4 Å². The Morgan fingerprint density at radius 3 is 2.94 bits per heavy atom. The molecule has 0 fully saturated rings. The van der Waals surface area contributed by atoms with E-state index in [2.05, 4.69) is 0 Å². The van der Waals surface area contributed by atoms with E-state index in [4.69, 9.17) is 14.3 Å². The number of methoxy groups -OCH3 is 1. The van der Waals surface area contributed by atoms with E-state index in [0.29, 0.717) is 16.5 Å². The number of furan rings is 1. The van der Waals surface area contributed by atoms with E-state index in [1.807, 2.05) is 0 Å². The van der Waals surface area contributed by atoms with E-state index in [1.54, 1.807) is 0 Å². The van der Waals surface area contributed by atoms with E-state index in [-0.39, 0.29) is 12.4 Å². The summed E-state index contributed by atoms with van der Waals surface area (Å²) in [7, 11) is 1.43. The number of hydrogen-bond acceptors (Lipinski definition) is 3. The fourth-order valence-corrected chi connectivity index (χ4v) is 1.58. The second-order valence-corrected chi connectivity index (χ2v) is 3.29. The van der Waals surface area contributed by atoms with Crippen molar-refractivity contribution in [1.29, 1.82) is 0 Å². The minimum Gasteiger partial charge on any atom is -0.475 e. The van der Waals surface area contributed by atoms with Gasteiger partial charge in [0, 0.05) is 18.1 Å². The molecule has 0 unspecified atom stereocenters. The third kappa shape index (κ3) is 1.65. The van der Waals surface area contributed by atoms with E-state index < -0.39 is 11.8 Å². The number of hydrogen-bond donors (Lipinski definition) is 1. The first-order valence-corrected chi connectivity index (χ1v) is 4.56. The Bertz CT molecular complexity index is 544. The molecule has 84 valence electrons. The molecule has 4 nitrogen and oxygen atoms in total. The molecule has 1 heterocycles. The van der Waals surface area contributed by atoms with Crippen LogP contribution in [0.15, 0.2) is 22.6 Å². The summed E-state index contributed by atoms with van der Waals surface area (Å²) >= 11 is 0. The number of ether oxygens (including phenoxy) is 1. The zero-order valence-electron chi connectivity index (χ0n) is 8.49. The number of carboxylic acid groups (broad SMARTS) is 1. The van der Waals surface area contributed by atoms with Crippen LogP contribution < -0.4 is 0 Å². The van der Waals surface area contributed by atoms with Crippen molar-refractivity contribution in [1.82, 2.24) is 0 Å². The Labute approximate surface area is 90.2 Å². The third-order valence-corrected chi connectivity index (χ3v) is 2.24. The summed E-state index contributed by atoms with van der Waals surface area (Å²) < 4.78 is 23.0. The average Bonchev–Trinajstić information content (AvgIpc) is 2.58. The lowest BCUT2D eigenvalue weighted by molar-refractivity contribution is 0.0658. The van der Waals surface area contributed by atoms with Crippen molar-refractivity contribution in [3.63, 3.8) is 0 Å². The van der Waals surface area contributed by atoms with Crippen molar-refractivity contribution in [3.05, 3.63) is 35.3 Å². The summed E-state index contributed by atoms with van der Waals surface area (Å²) in [5.41, 5.74) is 0.690. The largest absolute Gasteiger partial charge is 0.475 e. The van der Waals surface area contributed by atoms with Gasteiger partial charge >= 0.3 is 5.97 Å². The highest BCUT2D eigenvalue weighted by Gasteiger charge is 2.19. The number of carboxylic acids is 1. The molecule has 0 saturated carbocycles. The van der Waals surface area contributed by atoms with Crippen LogP contribution >= 0.6 is 0 Å². The Morgan fingerprint density at radius 2 is 2.31 bits per heavy atom. The molecule has 0 aliphatic carbocycles. The summed E-state index contributed by atoms with van der Waals surface area (Å²) in [5, 5.41) is 9.35. The minimum absolute atomic E-state index is 0.0675. The SMILES string of the molecule is COCc1c(C(=O)O)oc2ccc(F)cc12. The molecule has 1 aromatic heterocycles. The third-order valence-electron chi connectivity index (χ3n) is 2.24. The molecule has 0 atom stereocenters. The van der Waals surface area contributed by atoms with Gasteiger partial charge in [0.15, 0.2) is 0 Å². The average molecular weight is 224 g/mol. The Morgan fingerprint density at radius 1 is 1.56 bits per heavy atom. The van der Waals surface area contributed by atoms with Gasteiger partial charge in [-0.25, -0.2) is 9.18 Å². The molecule has 16 heavy (non-hydrogen) atoms. The molecular weight excluding hydrogens is 215 g/mol. The number of carbonyl (C=O) groups is 1. The zero-order chi connectivity index (χ0) is 11.7. The van der Waals surface area contributed by atoms with Crippen molar-refractivity contribution in [2.75, 3.05) is 7.11 Å². The lowest BCUT2D eigenvalue weighted by Crippen LogP contribution is -1.99. The van der Waals surface area contributed by atoms with E-state index in [1.165, 1.54) is 25.3 Å². The van der Waals surface area contributed by atoms with Crippen LogP contribution in [0.3, 0.4) is 0 Å². The van der Waals surface area contributed by atoms with Gasteiger partial charge in [0.1, 0.15) is 11.4 Å². The van der Waals surface area contributed by atoms with E-state index in [9.17, 15) is 9.18 Å². The van der Waals surface area contributed by atoms with Crippen LogP contribution in [-0.2, 0) is 11.3 Å². The molecule has 0 bridgehead atoms. The maximum atomic E-state index is 13.0. The van der Waals surface area contributed by atoms with Gasteiger partial charge in [-0.1, -0.05) is 0 Å². The Kier molecular flexibility index (Phi) is 2.62. The van der Waals surface area contributed by atoms with E-state index >= 15 is 0 Å². The lowest BCUT2D eigenvalue weighted by atomic mass is 10.1. The van der Waals surface area contributed by atoms with Crippen LogP contribution in [0, 0.1) is 5.82 Å². The van der Waals surface area contributed by atoms with Crippen molar-refractivity contribution in [3.8, 4) is 0 Å². The first-order chi connectivity index (χ1) is 7.63. The first-order valence-electron chi connectivity index (χ1n) is 4.56. The van der Waals surface area contributed by atoms with Gasteiger partial charge in [-0.3, -0.25) is 0 Å². The fraction of sp³-hybridized carbons (Fsp3) is 0.182. The number of rotatable bonds is 3. The number of aromatic carboxylic acids is 1. The predicted octanol–water partition coefficient (Wildman–Crippen LogP) is 2.42. The van der Waals surface area contributed by atoms with Gasteiger partial charge in [-0.2, -0.15) is 0 Å². The molecule has 0 saturated heterocycles. The molecule has 0 radical (unpaired) electrons. The molecule has 5 heteroatoms. The fourth-order valence-electron chi connectivity index (χ4n) is 1.58. The minimum atomic E-state index is -1.19. The molecular formula is C11H9FO4. The van der Waals surface area contributed by atoms with Gasteiger partial charge in [0.25, 0.3) is 0 Å². The van der Waals surface area contributed by atoms with Crippen molar-refractivity contribution in [2.24, 2.45) is 0 Å². The Balaban J connectivity index is 2.71. The normalized spacial score (nSPS) is 10.9. The smallest absolute Gasteiger partial charge is 0.372 e. The van der Waals surface area contributed by atoms with Crippen LogP contribution in [0.4, 0.5) is 4.39 Å². The second kappa shape index (κ2) is 3.94. The van der Waals surface area contributed by atoms with E-state index in [0.717, 1.165) is 0 Å². The summed E-state index contributed by atoms with van der Waals surface area (Å²) in [6, 6.07) is 3.85. The van der Waals surface area contributed by atoms with Crippen molar-refractivity contribution >= 4 is 16.9 Å². The molecule has 0 amide bonds. The molecule has 2 aromatic rings. The van der Waals surface area contributed by atoms with Crippen LogP contribution in [0.5, 0.6) is 0 Å². The quantitative estimate of drug-likeness (QED) is 0.869. The molecule has 0 aliphatic heterocycles. The second-order valence-electron chi connectivity index (χ2n) is 3.29. The highest BCUT2D eigenvalue weighted by molar-refractivity contribution is 5.95. The summed E-state index contributed by atoms with van der Waals surface area (Å²) in [5.74, 6) is -1.84. The molecule has 0 aliphatic rings. The highest BCUT2D eigenvalue weighted by atomic mass is 19.1. The molecule has 1 N–H and O–H groups in total. The van der Waals surface area contributed by atoms with Crippen molar-refractivity contribution in [2.45, 2.75) is 6.61 Å². The maximum Gasteiger partial charge on any atom is 0.372 e. The van der Waals surface area contributed by atoms with Gasteiger partial charge < -0.3 is 14.3 Å². The van der Waals surface area contributed by atoms with Crippen LogP contribution in [0.1, 0.15) is 16.1 Å². The number of benzene rings is 1. The Hall–Kier alpha value is -1.88. The van der Waals surface area contributed by atoms with Gasteiger partial charge in [0.05, 0.1) is 6.61 Å². The summed E-state index contributed by atoms with van der Waals surface area (Å²) in [6.45, 7) is 0.0675.